The van der Waals surface area contributed by atoms with Gasteiger partial charge in [-0.25, -0.2) is 18.5 Å². The van der Waals surface area contributed by atoms with Gasteiger partial charge in [-0.2, -0.15) is 0 Å². The molecule has 2 saturated heterocycles. The zero-order valence-electron chi connectivity index (χ0n) is 56.1. The Bertz CT molecular complexity index is 4290. The summed E-state index contributed by atoms with van der Waals surface area (Å²) in [5.41, 5.74) is 4.09. The molecule has 10 aromatic rings. The first kappa shape index (κ1) is 74.5. The predicted octanol–water partition coefficient (Wildman–Crippen LogP) is 15.3. The topological polar surface area (TPSA) is 245 Å². The van der Waals surface area contributed by atoms with Crippen molar-refractivity contribution in [1.29, 1.82) is 0 Å². The fourth-order valence-corrected chi connectivity index (χ4v) is 15.3. The Balaban J connectivity index is 1.02. The van der Waals surface area contributed by atoms with Crippen LogP contribution in [0.3, 0.4) is 0 Å². The van der Waals surface area contributed by atoms with Crippen molar-refractivity contribution in [3.05, 3.63) is 356 Å². The second-order valence-corrected chi connectivity index (χ2v) is 29.0. The fraction of sp³-hybridized carbons (Fsp3) is 0.256. The number of ether oxygens (including phenoxy) is 6. The molecular formula is C78H79N2O20P3. The van der Waals surface area contributed by atoms with Crippen LogP contribution in [-0.2, 0) is 142 Å². The summed E-state index contributed by atoms with van der Waals surface area (Å²) in [6, 6.07) is 82.5. The molecule has 103 heavy (non-hydrogen) atoms. The number of phosphoric acid groups is 3. The summed E-state index contributed by atoms with van der Waals surface area (Å²) in [5.74, 6) is 0. The number of H-pyrrole nitrogens is 1. The molecule has 3 heterocycles. The van der Waals surface area contributed by atoms with Gasteiger partial charge >= 0.3 is 29.2 Å². The SMILES string of the molecule is O=c1ccn([C@@H]2O[C@H](COCc3ccccc3)[C@@H](O[C@H]3O[C@H](COCc4ccccc4)[C@@H](OP(=O)(OCc4ccccc4)OCc4ccccc4)[C@H](OP(=O)(OCc4ccccc4)OCc4ccccc4)[C@H]3OCc3ccccc3)[C@H]2OP(=O)(OCc2ccccc2)OCc2ccccc2)c(=O)[nH]1. The van der Waals surface area contributed by atoms with E-state index in [2.05, 4.69) is 4.98 Å². The lowest BCUT2D eigenvalue weighted by Gasteiger charge is -2.47. The third-order valence-corrected chi connectivity index (χ3v) is 20.7. The van der Waals surface area contributed by atoms with Gasteiger partial charge in [-0.05, 0) is 50.1 Å². The quantitative estimate of drug-likeness (QED) is 0.0353. The van der Waals surface area contributed by atoms with Gasteiger partial charge in [0, 0.05) is 12.3 Å². The Morgan fingerprint density at radius 1 is 0.320 bits per heavy atom. The molecule has 0 saturated carbocycles. The van der Waals surface area contributed by atoms with E-state index in [-0.39, 0.29) is 66.1 Å². The Morgan fingerprint density at radius 2 is 0.612 bits per heavy atom. The summed E-state index contributed by atoms with van der Waals surface area (Å²) in [6.07, 6.45) is -13.9. The largest absolute Gasteiger partial charge is 0.475 e. The highest BCUT2D eigenvalue weighted by molar-refractivity contribution is 7.49. The maximum Gasteiger partial charge on any atom is 0.475 e. The second kappa shape index (κ2) is 37.4. The van der Waals surface area contributed by atoms with Gasteiger partial charge in [-0.3, -0.25) is 55.1 Å². The van der Waals surface area contributed by atoms with E-state index < -0.39 is 96.6 Å². The van der Waals surface area contributed by atoms with Crippen molar-refractivity contribution in [2.24, 2.45) is 0 Å². The van der Waals surface area contributed by atoms with E-state index in [1.165, 1.54) is 6.20 Å². The molecule has 536 valence electrons. The Labute approximate surface area is 597 Å². The molecule has 0 radical (unpaired) electrons. The van der Waals surface area contributed by atoms with Crippen molar-refractivity contribution in [3.63, 3.8) is 0 Å². The standard InChI is InChI=1S/C78H79N2O20P3/c81-70-46-47-80(78(82)79-70)76-74(100-103(85,93-55-66-42-24-8-25-43-66)94-56-67-44-26-9-27-45-67)71(68(95-76)57-86-48-59-28-10-1-11-29-59)97-77-75(88-50-61-32-14-3-15-33-61)73(99-102(84,91-53-64-38-20-6-21-39-64)92-54-65-40-22-7-23-41-65)72(69(96-77)58-87-49-60-30-12-2-13-31-60)98-101(83,89-51-62-34-16-4-17-35-62)90-52-63-36-18-5-19-37-63/h1-47,68-69,71-77H,48-58H2,(H,79,81,82)/t68-,69-,71-,72-,73+,74-,75-,76-,77-/m1/s1. The molecular weight excluding hydrogens is 1380 g/mol. The number of phosphoric ester groups is 3. The fourth-order valence-electron chi connectivity index (χ4n) is 11.3. The maximum atomic E-state index is 16.4. The van der Waals surface area contributed by atoms with E-state index in [4.69, 9.17) is 69.1 Å². The van der Waals surface area contributed by atoms with E-state index in [9.17, 15) is 9.59 Å². The number of nitrogens with zero attached hydrogens (tertiary/aromatic N) is 1. The highest BCUT2D eigenvalue weighted by Crippen LogP contribution is 2.59. The molecule has 0 aliphatic carbocycles. The van der Waals surface area contributed by atoms with Gasteiger partial charge in [-0.1, -0.05) is 273 Å². The minimum atomic E-state index is -5.06. The van der Waals surface area contributed by atoms with Crippen molar-refractivity contribution in [2.75, 3.05) is 13.2 Å². The molecule has 2 fully saturated rings. The third kappa shape index (κ3) is 22.2. The Kier molecular flexibility index (Phi) is 27.1. The van der Waals surface area contributed by atoms with Gasteiger partial charge in [0.05, 0.1) is 72.7 Å². The summed E-state index contributed by atoms with van der Waals surface area (Å²) in [7, 11) is -15.0. The van der Waals surface area contributed by atoms with Crippen LogP contribution in [0.15, 0.2) is 295 Å². The Hall–Kier alpha value is -8.25. The lowest BCUT2D eigenvalue weighted by molar-refractivity contribution is -0.325. The molecule has 1 N–H and O–H groups in total. The summed E-state index contributed by atoms with van der Waals surface area (Å²) < 4.78 is 151. The van der Waals surface area contributed by atoms with Crippen LogP contribution in [-0.4, -0.2) is 71.8 Å². The molecule has 25 heteroatoms. The first-order valence-corrected chi connectivity index (χ1v) is 37.9. The van der Waals surface area contributed by atoms with Crippen LogP contribution < -0.4 is 11.2 Å². The van der Waals surface area contributed by atoms with Gasteiger partial charge in [0.1, 0.15) is 42.7 Å². The van der Waals surface area contributed by atoms with Crippen molar-refractivity contribution in [2.45, 2.75) is 115 Å². The zero-order valence-corrected chi connectivity index (χ0v) is 58.7. The predicted molar refractivity (Wildman–Crippen MR) is 381 cm³/mol. The van der Waals surface area contributed by atoms with Gasteiger partial charge in [0.2, 0.25) is 0 Å². The lowest BCUT2D eigenvalue weighted by atomic mass is 9.98. The average Bonchev–Trinajstić information content (AvgIpc) is 1.75. The molecule has 0 bridgehead atoms. The molecule has 2 aliphatic rings. The minimum Gasteiger partial charge on any atom is -0.374 e. The maximum absolute atomic E-state index is 16.4. The van der Waals surface area contributed by atoms with Crippen LogP contribution in [0.1, 0.15) is 56.3 Å². The number of aromatic amines is 1. The first-order valence-electron chi connectivity index (χ1n) is 33.5. The highest BCUT2D eigenvalue weighted by atomic mass is 31.2. The molecule has 0 spiro atoms. The Morgan fingerprint density at radius 3 is 0.942 bits per heavy atom. The number of benzene rings is 9. The van der Waals surface area contributed by atoms with Crippen LogP contribution >= 0.6 is 23.5 Å². The molecule has 22 nitrogen and oxygen atoms in total. The van der Waals surface area contributed by atoms with Crippen LogP contribution in [0.4, 0.5) is 0 Å². The van der Waals surface area contributed by atoms with E-state index in [0.29, 0.717) is 38.9 Å². The minimum absolute atomic E-state index is 0.00595. The number of hydrogen-bond acceptors (Lipinski definition) is 20. The van der Waals surface area contributed by atoms with Gasteiger partial charge < -0.3 is 28.4 Å². The van der Waals surface area contributed by atoms with Crippen LogP contribution in [0.5, 0.6) is 0 Å². The normalized spacial score (nSPS) is 20.0. The average molecular weight is 1460 g/mol. The van der Waals surface area contributed by atoms with Crippen molar-refractivity contribution in [3.8, 4) is 0 Å². The van der Waals surface area contributed by atoms with Gasteiger partial charge in [-0.15, -0.1) is 0 Å². The molecule has 2 aliphatic heterocycles. The van der Waals surface area contributed by atoms with Crippen LogP contribution in [0.25, 0.3) is 0 Å². The molecule has 0 unspecified atom stereocenters. The number of rotatable bonds is 38. The van der Waals surface area contributed by atoms with E-state index in [0.717, 1.165) is 21.8 Å². The summed E-state index contributed by atoms with van der Waals surface area (Å²) >= 11 is 0. The summed E-state index contributed by atoms with van der Waals surface area (Å²) in [5, 5.41) is 0. The third-order valence-electron chi connectivity index (χ3n) is 16.5. The van der Waals surface area contributed by atoms with Crippen LogP contribution in [0.2, 0.25) is 0 Å². The lowest BCUT2D eigenvalue weighted by Crippen LogP contribution is -2.62. The van der Waals surface area contributed by atoms with Gasteiger partial charge in [0.15, 0.2) is 12.5 Å². The van der Waals surface area contributed by atoms with E-state index in [1.54, 1.807) is 146 Å². The number of nitrogens with one attached hydrogen (secondary N) is 1. The zero-order chi connectivity index (χ0) is 71.0. The first-order chi connectivity index (χ1) is 50.4. The highest BCUT2D eigenvalue weighted by Gasteiger charge is 2.59. The molecule has 12 rings (SSSR count). The van der Waals surface area contributed by atoms with E-state index >= 15 is 13.7 Å². The smallest absolute Gasteiger partial charge is 0.374 e. The second-order valence-electron chi connectivity index (χ2n) is 24.1. The summed E-state index contributed by atoms with van der Waals surface area (Å²) in [4.78, 5) is 29.6. The molecule has 9 atom stereocenters. The molecule has 0 amide bonds. The molecule has 1 aromatic heterocycles. The monoisotopic (exact) mass is 1460 g/mol. The van der Waals surface area contributed by atoms with Crippen LogP contribution in [0, 0.1) is 0 Å². The summed E-state index contributed by atoms with van der Waals surface area (Å²) in [6.45, 7) is -2.73. The van der Waals surface area contributed by atoms with E-state index in [1.807, 2.05) is 127 Å². The van der Waals surface area contributed by atoms with Crippen molar-refractivity contribution < 1.29 is 82.8 Å². The number of hydrogen-bond donors (Lipinski definition) is 1. The number of aromatic nitrogens is 2. The van der Waals surface area contributed by atoms with Crippen molar-refractivity contribution in [1.82, 2.24) is 9.55 Å². The van der Waals surface area contributed by atoms with Gasteiger partial charge in [0.25, 0.3) is 5.56 Å². The van der Waals surface area contributed by atoms with Crippen molar-refractivity contribution >= 4 is 23.5 Å². The molecule has 9 aromatic carbocycles.